The lowest BCUT2D eigenvalue weighted by Crippen LogP contribution is -2.37. The van der Waals surface area contributed by atoms with Gasteiger partial charge in [0.25, 0.3) is 0 Å². The highest BCUT2D eigenvalue weighted by Crippen LogP contribution is 2.39. The van der Waals surface area contributed by atoms with Crippen molar-refractivity contribution in [1.29, 1.82) is 0 Å². The van der Waals surface area contributed by atoms with E-state index in [1.165, 1.54) is 0 Å². The fourth-order valence-electron chi connectivity index (χ4n) is 3.02. The Morgan fingerprint density at radius 1 is 1.26 bits per heavy atom. The van der Waals surface area contributed by atoms with E-state index in [1.54, 1.807) is 7.11 Å². The summed E-state index contributed by atoms with van der Waals surface area (Å²) in [6, 6.07) is 5.92. The van der Waals surface area contributed by atoms with E-state index in [0.717, 1.165) is 49.5 Å². The number of rotatable bonds is 2. The summed E-state index contributed by atoms with van der Waals surface area (Å²) < 4.78 is 16.8. The molecule has 19 heavy (non-hydrogen) atoms. The zero-order valence-corrected chi connectivity index (χ0v) is 11.3. The van der Waals surface area contributed by atoms with Gasteiger partial charge in [-0.3, -0.25) is 0 Å². The van der Waals surface area contributed by atoms with Gasteiger partial charge in [-0.1, -0.05) is 0 Å². The summed E-state index contributed by atoms with van der Waals surface area (Å²) in [6.45, 7) is 1.68. The smallest absolute Gasteiger partial charge is 0.124 e. The van der Waals surface area contributed by atoms with Crippen LogP contribution in [0, 0.1) is 5.92 Å². The number of fused-ring (bicyclic) bond motifs is 1. The fourth-order valence-corrected chi connectivity index (χ4v) is 3.02. The minimum absolute atomic E-state index is 0.0340. The van der Waals surface area contributed by atoms with Crippen molar-refractivity contribution >= 4 is 0 Å². The van der Waals surface area contributed by atoms with Crippen LogP contribution in [0.5, 0.6) is 11.5 Å². The zero-order chi connectivity index (χ0) is 13.2. The van der Waals surface area contributed by atoms with Crippen LogP contribution in [-0.2, 0) is 4.74 Å². The van der Waals surface area contributed by atoms with E-state index in [1.807, 2.05) is 18.2 Å². The summed E-state index contributed by atoms with van der Waals surface area (Å²) in [6.07, 6.45) is 3.25. The molecule has 0 amide bonds. The van der Waals surface area contributed by atoms with Gasteiger partial charge < -0.3 is 19.9 Å². The van der Waals surface area contributed by atoms with Crippen molar-refractivity contribution < 1.29 is 14.2 Å². The predicted octanol–water partition coefficient (Wildman–Crippen LogP) is 2.27. The Bertz CT molecular complexity index is 443. The molecule has 2 aliphatic heterocycles. The highest BCUT2D eigenvalue weighted by molar-refractivity contribution is 5.43. The molecule has 0 bridgehead atoms. The van der Waals surface area contributed by atoms with Gasteiger partial charge in [0, 0.05) is 37.2 Å². The van der Waals surface area contributed by atoms with Crippen molar-refractivity contribution in [2.45, 2.75) is 31.4 Å². The molecule has 0 aliphatic carbocycles. The van der Waals surface area contributed by atoms with Gasteiger partial charge in [-0.2, -0.15) is 0 Å². The Balaban J connectivity index is 1.79. The van der Waals surface area contributed by atoms with Crippen LogP contribution >= 0.6 is 0 Å². The van der Waals surface area contributed by atoms with Crippen LogP contribution in [0.1, 0.15) is 30.9 Å². The van der Waals surface area contributed by atoms with E-state index in [4.69, 9.17) is 19.9 Å². The molecule has 0 radical (unpaired) electrons. The van der Waals surface area contributed by atoms with Gasteiger partial charge in [0.05, 0.1) is 7.11 Å². The fraction of sp³-hybridized carbons (Fsp3) is 0.600. The average molecular weight is 263 g/mol. The number of benzene rings is 1. The minimum Gasteiger partial charge on any atom is -0.497 e. The second kappa shape index (κ2) is 5.39. The first kappa shape index (κ1) is 12.8. The summed E-state index contributed by atoms with van der Waals surface area (Å²) in [5, 5.41) is 0. The third kappa shape index (κ3) is 2.55. The Labute approximate surface area is 113 Å². The molecule has 1 aromatic rings. The van der Waals surface area contributed by atoms with Crippen LogP contribution in [0.4, 0.5) is 0 Å². The van der Waals surface area contributed by atoms with E-state index in [9.17, 15) is 0 Å². The third-order valence-electron chi connectivity index (χ3n) is 4.17. The Hall–Kier alpha value is -1.26. The largest absolute Gasteiger partial charge is 0.497 e. The lowest BCUT2D eigenvalue weighted by atomic mass is 9.86. The van der Waals surface area contributed by atoms with E-state index < -0.39 is 0 Å². The van der Waals surface area contributed by atoms with Gasteiger partial charge in [-0.15, -0.1) is 0 Å². The van der Waals surface area contributed by atoms with Crippen molar-refractivity contribution in [3.63, 3.8) is 0 Å². The van der Waals surface area contributed by atoms with Crippen LogP contribution in [0.3, 0.4) is 0 Å². The molecule has 1 fully saturated rings. The van der Waals surface area contributed by atoms with Crippen molar-refractivity contribution in [2.24, 2.45) is 11.7 Å². The second-order valence-electron chi connectivity index (χ2n) is 5.35. The van der Waals surface area contributed by atoms with Gasteiger partial charge in [0.2, 0.25) is 0 Å². The molecule has 0 saturated carbocycles. The minimum atomic E-state index is 0.0340. The number of ether oxygens (including phenoxy) is 3. The standard InChI is InChI=1S/C15H21NO3/c1-17-11-2-3-14-12(8-11)13(16)9-15(19-14)10-4-6-18-7-5-10/h2-3,8,10,13,15H,4-7,9,16H2,1H3/t13-,15?/m1/s1. The second-order valence-corrected chi connectivity index (χ2v) is 5.35. The highest BCUT2D eigenvalue weighted by atomic mass is 16.5. The maximum Gasteiger partial charge on any atom is 0.124 e. The van der Waals surface area contributed by atoms with Gasteiger partial charge in [0.1, 0.15) is 17.6 Å². The number of hydrogen-bond acceptors (Lipinski definition) is 4. The zero-order valence-electron chi connectivity index (χ0n) is 11.3. The molecule has 3 rings (SSSR count). The molecule has 2 N–H and O–H groups in total. The maximum absolute atomic E-state index is 6.30. The molecule has 4 nitrogen and oxygen atoms in total. The molecule has 2 aliphatic rings. The van der Waals surface area contributed by atoms with Crippen molar-refractivity contribution in [2.75, 3.05) is 20.3 Å². The molecule has 1 aromatic carbocycles. The molecule has 2 heterocycles. The quantitative estimate of drug-likeness (QED) is 0.889. The Morgan fingerprint density at radius 3 is 2.79 bits per heavy atom. The lowest BCUT2D eigenvalue weighted by molar-refractivity contribution is 0.00726. The predicted molar refractivity (Wildman–Crippen MR) is 72.5 cm³/mol. The molecule has 0 aromatic heterocycles. The van der Waals surface area contributed by atoms with Crippen molar-refractivity contribution in [3.8, 4) is 11.5 Å². The Kier molecular flexibility index (Phi) is 3.62. The number of nitrogens with two attached hydrogens (primary N) is 1. The van der Waals surface area contributed by atoms with Gasteiger partial charge in [0.15, 0.2) is 0 Å². The molecular weight excluding hydrogens is 242 g/mol. The third-order valence-corrected chi connectivity index (χ3v) is 4.17. The van der Waals surface area contributed by atoms with E-state index in [2.05, 4.69) is 0 Å². The van der Waals surface area contributed by atoms with Crippen molar-refractivity contribution in [3.05, 3.63) is 23.8 Å². The summed E-state index contributed by atoms with van der Waals surface area (Å²) in [4.78, 5) is 0. The molecule has 2 atom stereocenters. The van der Waals surface area contributed by atoms with Gasteiger partial charge in [-0.25, -0.2) is 0 Å². The molecule has 104 valence electrons. The summed E-state index contributed by atoms with van der Waals surface area (Å²) in [5.41, 5.74) is 7.36. The lowest BCUT2D eigenvalue weighted by Gasteiger charge is -2.36. The van der Waals surface area contributed by atoms with E-state index in [-0.39, 0.29) is 12.1 Å². The SMILES string of the molecule is COc1ccc2c(c1)[C@H](N)CC(C1CCOCC1)O2. The van der Waals surface area contributed by atoms with E-state index >= 15 is 0 Å². The highest BCUT2D eigenvalue weighted by Gasteiger charge is 2.32. The first-order chi connectivity index (χ1) is 9.28. The van der Waals surface area contributed by atoms with Gasteiger partial charge >= 0.3 is 0 Å². The summed E-state index contributed by atoms with van der Waals surface area (Å²) in [7, 11) is 1.67. The van der Waals surface area contributed by atoms with Crippen molar-refractivity contribution in [1.82, 2.24) is 0 Å². The van der Waals surface area contributed by atoms with Crippen LogP contribution in [-0.4, -0.2) is 26.4 Å². The topological polar surface area (TPSA) is 53.7 Å². The van der Waals surface area contributed by atoms with Crippen LogP contribution in [0.25, 0.3) is 0 Å². The summed E-state index contributed by atoms with van der Waals surface area (Å²) in [5.74, 6) is 2.31. The van der Waals surface area contributed by atoms with Crippen LogP contribution in [0.15, 0.2) is 18.2 Å². The Morgan fingerprint density at radius 2 is 2.05 bits per heavy atom. The first-order valence-corrected chi connectivity index (χ1v) is 6.96. The molecule has 1 unspecified atom stereocenters. The average Bonchev–Trinajstić information content (AvgIpc) is 2.48. The maximum atomic E-state index is 6.30. The molecular formula is C15H21NO3. The number of methoxy groups -OCH3 is 1. The normalized spacial score (nSPS) is 27.5. The van der Waals surface area contributed by atoms with E-state index in [0.29, 0.717) is 5.92 Å². The number of hydrogen-bond donors (Lipinski definition) is 1. The van der Waals surface area contributed by atoms with Crippen LogP contribution < -0.4 is 15.2 Å². The molecule has 4 heteroatoms. The first-order valence-electron chi connectivity index (χ1n) is 6.96. The molecule has 1 saturated heterocycles. The monoisotopic (exact) mass is 263 g/mol. The molecule has 0 spiro atoms. The van der Waals surface area contributed by atoms with Crippen LogP contribution in [0.2, 0.25) is 0 Å². The van der Waals surface area contributed by atoms with Gasteiger partial charge in [-0.05, 0) is 31.0 Å². The summed E-state index contributed by atoms with van der Waals surface area (Å²) >= 11 is 0.